The van der Waals surface area contributed by atoms with Gasteiger partial charge in [0.25, 0.3) is 0 Å². The molecule has 0 amide bonds. The molecule has 0 spiro atoms. The van der Waals surface area contributed by atoms with E-state index in [1.807, 2.05) is 104 Å². The largest absolute Gasteiger partial charge is 0.497 e. The molecule has 0 fully saturated rings. The maximum atomic E-state index is 6.27. The Kier molecular flexibility index (Phi) is 9.39. The molecule has 1 aliphatic heterocycles. The number of allylic oxidation sites excluding steroid dienone is 3. The maximum absolute atomic E-state index is 6.27. The van der Waals surface area contributed by atoms with Gasteiger partial charge < -0.3 is 19.1 Å². The zero-order valence-electron chi connectivity index (χ0n) is 26.1. The van der Waals surface area contributed by atoms with Gasteiger partial charge >= 0.3 is 0 Å². The normalized spacial score (nSPS) is 14.1. The Morgan fingerprint density at radius 3 is 2.44 bits per heavy atom. The van der Waals surface area contributed by atoms with Crippen LogP contribution in [0.5, 0.6) is 23.0 Å². The number of methoxy groups -OCH3 is 1. The van der Waals surface area contributed by atoms with Crippen LogP contribution in [-0.4, -0.2) is 33.5 Å². The fourth-order valence-electron chi connectivity index (χ4n) is 5.53. The summed E-state index contributed by atoms with van der Waals surface area (Å²) in [7, 11) is 1.69. The van der Waals surface area contributed by atoms with E-state index in [0.29, 0.717) is 17.2 Å². The zero-order chi connectivity index (χ0) is 31.0. The third kappa shape index (κ3) is 6.70. The van der Waals surface area contributed by atoms with Crippen LogP contribution in [0.2, 0.25) is 0 Å². The predicted molar refractivity (Wildman–Crippen MR) is 179 cm³/mol. The van der Waals surface area contributed by atoms with Crippen molar-refractivity contribution in [2.75, 3.05) is 18.6 Å². The van der Waals surface area contributed by atoms with Gasteiger partial charge in [0.15, 0.2) is 17.2 Å². The van der Waals surface area contributed by atoms with Crippen molar-refractivity contribution in [2.24, 2.45) is 0 Å². The minimum atomic E-state index is 0.628. The van der Waals surface area contributed by atoms with E-state index < -0.39 is 0 Å². The van der Waals surface area contributed by atoms with Crippen LogP contribution in [0.4, 0.5) is 5.69 Å². The topological polar surface area (TPSA) is 74.0 Å². The lowest BCUT2D eigenvalue weighted by molar-refractivity contribution is 0.413. The van der Waals surface area contributed by atoms with Crippen molar-refractivity contribution in [3.63, 3.8) is 0 Å². The highest BCUT2D eigenvalue weighted by Crippen LogP contribution is 2.41. The Bertz CT molecular complexity index is 1860. The first-order chi connectivity index (χ1) is 22.2. The molecule has 0 saturated heterocycles. The van der Waals surface area contributed by atoms with Crippen molar-refractivity contribution >= 4 is 17.4 Å². The Balaban J connectivity index is 1.23. The number of aryl methyl sites for hydroxylation is 1. The van der Waals surface area contributed by atoms with E-state index in [1.54, 1.807) is 11.6 Å². The smallest absolute Gasteiger partial charge is 0.200 e. The van der Waals surface area contributed by atoms with Crippen LogP contribution in [0.15, 0.2) is 96.9 Å². The molecule has 8 nitrogen and oxygen atoms in total. The zero-order valence-corrected chi connectivity index (χ0v) is 26.1. The van der Waals surface area contributed by atoms with Crippen LogP contribution in [0.3, 0.4) is 0 Å². The fraction of sp³-hybridized carbons (Fsp3) is 0.270. The molecule has 3 heterocycles. The van der Waals surface area contributed by atoms with Gasteiger partial charge in [-0.05, 0) is 61.9 Å². The molecule has 1 aliphatic rings. The first kappa shape index (κ1) is 29.9. The molecule has 0 bridgehead atoms. The average molecular weight is 602 g/mol. The van der Waals surface area contributed by atoms with E-state index in [0.717, 1.165) is 58.3 Å². The highest BCUT2D eigenvalue weighted by Gasteiger charge is 2.26. The fourth-order valence-corrected chi connectivity index (χ4v) is 5.53. The Hall–Kier alpha value is -5.11. The van der Waals surface area contributed by atoms with Gasteiger partial charge in [0.2, 0.25) is 5.88 Å². The lowest BCUT2D eigenvalue weighted by atomic mass is 10.1. The van der Waals surface area contributed by atoms with Gasteiger partial charge in [-0.3, -0.25) is 0 Å². The lowest BCUT2D eigenvalue weighted by Crippen LogP contribution is -2.21. The number of fused-ring (bicyclic) bond motifs is 2. The van der Waals surface area contributed by atoms with Gasteiger partial charge in [-0.2, -0.15) is 9.61 Å². The number of anilines is 1. The molecule has 0 aliphatic carbocycles. The molecule has 0 saturated carbocycles. The van der Waals surface area contributed by atoms with Gasteiger partial charge in [0, 0.05) is 17.8 Å². The van der Waals surface area contributed by atoms with Crippen LogP contribution in [0, 0.1) is 6.92 Å². The van der Waals surface area contributed by atoms with Crippen molar-refractivity contribution in [3.05, 3.63) is 108 Å². The second-order valence-electron chi connectivity index (χ2n) is 11.1. The standard InChI is InChI=1S/C37H39N5O3/c1-4-5-6-7-8-16-25-41-32-26-29(43-3)23-24-34(32)45-35(41)22-15-13-19-30-27(2)40-42-36(30)38-39-37(42)31-20-12-14-21-33(31)44-28-17-10-9-11-18-28/h9-15,17-24,26H,4-8,16,25H2,1-3H3/b15-13+,30-19-,35-22-. The van der Waals surface area contributed by atoms with Crippen molar-refractivity contribution in [1.82, 2.24) is 19.8 Å². The van der Waals surface area contributed by atoms with Crippen molar-refractivity contribution < 1.29 is 14.2 Å². The van der Waals surface area contributed by atoms with E-state index in [1.165, 1.54) is 32.1 Å². The Labute approximate surface area is 264 Å². The summed E-state index contributed by atoms with van der Waals surface area (Å²) in [6.07, 6.45) is 15.4. The minimum Gasteiger partial charge on any atom is -0.497 e. The highest BCUT2D eigenvalue weighted by molar-refractivity contribution is 5.70. The van der Waals surface area contributed by atoms with E-state index in [-0.39, 0.29) is 0 Å². The molecule has 45 heavy (non-hydrogen) atoms. The number of aromatic nitrogens is 4. The van der Waals surface area contributed by atoms with Crippen LogP contribution < -0.4 is 24.3 Å². The summed E-state index contributed by atoms with van der Waals surface area (Å²) >= 11 is 0. The molecule has 0 unspecified atom stereocenters. The monoisotopic (exact) mass is 601 g/mol. The van der Waals surface area contributed by atoms with Crippen molar-refractivity contribution in [2.45, 2.75) is 52.4 Å². The molecule has 230 valence electrons. The number of para-hydroxylation sites is 2. The maximum Gasteiger partial charge on any atom is 0.200 e. The van der Waals surface area contributed by atoms with E-state index in [9.17, 15) is 0 Å². The second kappa shape index (κ2) is 14.1. The predicted octanol–water partition coefficient (Wildman–Crippen LogP) is 8.06. The van der Waals surface area contributed by atoms with E-state index in [4.69, 9.17) is 19.3 Å². The quantitative estimate of drug-likeness (QED) is 0.126. The molecule has 3 aromatic carbocycles. The Morgan fingerprint density at radius 2 is 1.60 bits per heavy atom. The van der Waals surface area contributed by atoms with E-state index in [2.05, 4.69) is 22.0 Å². The number of unbranched alkanes of at least 4 members (excludes halogenated alkanes) is 5. The molecule has 5 aromatic rings. The third-order valence-corrected chi connectivity index (χ3v) is 7.91. The van der Waals surface area contributed by atoms with Gasteiger partial charge in [0.05, 0.1) is 24.1 Å². The summed E-state index contributed by atoms with van der Waals surface area (Å²) in [5, 5.41) is 14.7. The van der Waals surface area contributed by atoms with Gasteiger partial charge in [-0.1, -0.05) is 81.5 Å². The summed E-state index contributed by atoms with van der Waals surface area (Å²) in [6.45, 7) is 5.12. The number of hydrogen-bond acceptors (Lipinski definition) is 7. The lowest BCUT2D eigenvalue weighted by Gasteiger charge is -2.18. The van der Waals surface area contributed by atoms with Gasteiger partial charge in [-0.25, -0.2) is 0 Å². The highest BCUT2D eigenvalue weighted by atomic mass is 16.5. The summed E-state index contributed by atoms with van der Waals surface area (Å²) in [4.78, 5) is 2.25. The first-order valence-electron chi connectivity index (χ1n) is 15.7. The Morgan fingerprint density at radius 1 is 0.822 bits per heavy atom. The molecular formula is C37H39N5O3. The number of rotatable bonds is 13. The summed E-state index contributed by atoms with van der Waals surface area (Å²) in [5.41, 5.74) is 3.41. The molecule has 8 heteroatoms. The third-order valence-electron chi connectivity index (χ3n) is 7.91. The second-order valence-corrected chi connectivity index (χ2v) is 11.1. The van der Waals surface area contributed by atoms with E-state index >= 15 is 0 Å². The molecule has 0 radical (unpaired) electrons. The summed E-state index contributed by atoms with van der Waals surface area (Å²) in [5.74, 6) is 4.54. The summed E-state index contributed by atoms with van der Waals surface area (Å²) < 4.78 is 19.7. The average Bonchev–Trinajstić information content (AvgIpc) is 3.72. The van der Waals surface area contributed by atoms with Crippen molar-refractivity contribution in [1.29, 1.82) is 0 Å². The number of hydrogen-bond donors (Lipinski definition) is 0. The number of ether oxygens (including phenoxy) is 3. The van der Waals surface area contributed by atoms with Gasteiger partial charge in [-0.15, -0.1) is 10.2 Å². The number of nitrogens with zero attached hydrogens (tertiary/aromatic N) is 5. The van der Waals surface area contributed by atoms with Crippen LogP contribution in [-0.2, 0) is 0 Å². The van der Waals surface area contributed by atoms with Gasteiger partial charge in [0.1, 0.15) is 17.2 Å². The number of benzene rings is 3. The minimum absolute atomic E-state index is 0.628. The van der Waals surface area contributed by atoms with Crippen LogP contribution in [0.25, 0.3) is 23.1 Å². The van der Waals surface area contributed by atoms with Crippen LogP contribution in [0.1, 0.15) is 51.1 Å². The molecule has 6 rings (SSSR count). The molecular weight excluding hydrogens is 562 g/mol. The molecule has 0 atom stereocenters. The summed E-state index contributed by atoms with van der Waals surface area (Å²) in [6, 6.07) is 23.5. The van der Waals surface area contributed by atoms with Crippen LogP contribution >= 0.6 is 0 Å². The SMILES string of the molecule is CCCCCCCCN1/C(=C/C=C/C=c2/c(C)nn3c(-c4ccccc4Oc4ccccc4)nnc23)Oc2ccc(OC)cc21. The molecule has 0 N–H and O–H groups in total. The molecule has 2 aromatic heterocycles. The first-order valence-corrected chi connectivity index (χ1v) is 15.7. The van der Waals surface area contributed by atoms with Crippen molar-refractivity contribution in [3.8, 4) is 34.4 Å².